The van der Waals surface area contributed by atoms with Gasteiger partial charge in [0.1, 0.15) is 6.29 Å². The minimum atomic E-state index is -4.95. The highest BCUT2D eigenvalue weighted by Gasteiger charge is 2.39. The lowest BCUT2D eigenvalue weighted by Crippen LogP contribution is -2.40. The molecular formula is C22H20F6O3. The third kappa shape index (κ3) is 5.46. The lowest BCUT2D eigenvalue weighted by molar-refractivity contribution is -0.144. The molecule has 0 spiro atoms. The van der Waals surface area contributed by atoms with Crippen molar-refractivity contribution in [3.8, 4) is 0 Å². The molecule has 1 fully saturated rings. The first-order chi connectivity index (χ1) is 14.5. The van der Waals surface area contributed by atoms with Crippen molar-refractivity contribution in [2.75, 3.05) is 13.2 Å². The summed E-state index contributed by atoms with van der Waals surface area (Å²) < 4.78 is 90.3. The van der Waals surface area contributed by atoms with Crippen molar-refractivity contribution in [2.24, 2.45) is 5.92 Å². The Morgan fingerprint density at radius 1 is 0.968 bits per heavy atom. The molecule has 0 saturated carbocycles. The van der Waals surface area contributed by atoms with E-state index in [2.05, 4.69) is 0 Å². The average Bonchev–Trinajstić information content (AvgIpc) is 2.72. The van der Waals surface area contributed by atoms with Crippen LogP contribution in [0.2, 0.25) is 0 Å². The van der Waals surface area contributed by atoms with Gasteiger partial charge in [-0.25, -0.2) is 0 Å². The molecule has 4 atom stereocenters. The van der Waals surface area contributed by atoms with Crippen LogP contribution in [0.1, 0.15) is 41.2 Å². The molecule has 0 amide bonds. The Kier molecular flexibility index (Phi) is 6.76. The van der Waals surface area contributed by atoms with Crippen molar-refractivity contribution >= 4 is 6.29 Å². The number of rotatable bonds is 5. The van der Waals surface area contributed by atoms with Gasteiger partial charge in [0.15, 0.2) is 0 Å². The highest BCUT2D eigenvalue weighted by Crippen LogP contribution is 2.40. The second-order valence-electron chi connectivity index (χ2n) is 7.43. The van der Waals surface area contributed by atoms with Gasteiger partial charge in [0.2, 0.25) is 0 Å². The quantitative estimate of drug-likeness (QED) is 0.430. The molecule has 3 nitrogen and oxygen atoms in total. The fourth-order valence-electron chi connectivity index (χ4n) is 3.74. The van der Waals surface area contributed by atoms with Gasteiger partial charge in [-0.05, 0) is 36.2 Å². The Balaban J connectivity index is 1.93. The SMILES string of the molecule is CC(O[C@@H]1COC[C@@H](C=O)[C@@H]1c1ccccc1)c1cc(C(F)(F)F)cc(C(F)(F)F)c1. The van der Waals surface area contributed by atoms with Crippen LogP contribution in [0.3, 0.4) is 0 Å². The smallest absolute Gasteiger partial charge is 0.378 e. The molecule has 1 aliphatic rings. The van der Waals surface area contributed by atoms with Crippen molar-refractivity contribution in [3.63, 3.8) is 0 Å². The summed E-state index contributed by atoms with van der Waals surface area (Å²) in [5.41, 5.74) is -2.29. The predicted molar refractivity (Wildman–Crippen MR) is 99.3 cm³/mol. The third-order valence-electron chi connectivity index (χ3n) is 5.27. The van der Waals surface area contributed by atoms with E-state index < -0.39 is 47.5 Å². The highest BCUT2D eigenvalue weighted by atomic mass is 19.4. The molecule has 2 aromatic rings. The van der Waals surface area contributed by atoms with Crippen molar-refractivity contribution in [3.05, 3.63) is 70.8 Å². The van der Waals surface area contributed by atoms with E-state index in [0.717, 1.165) is 11.8 Å². The van der Waals surface area contributed by atoms with E-state index in [0.29, 0.717) is 12.1 Å². The van der Waals surface area contributed by atoms with Crippen LogP contribution in [0.4, 0.5) is 26.3 Å². The molecule has 0 radical (unpaired) electrons. The van der Waals surface area contributed by atoms with Gasteiger partial charge >= 0.3 is 12.4 Å². The zero-order chi connectivity index (χ0) is 22.8. The number of alkyl halides is 6. The lowest BCUT2D eigenvalue weighted by Gasteiger charge is -2.37. The van der Waals surface area contributed by atoms with Crippen molar-refractivity contribution in [2.45, 2.75) is 37.4 Å². The summed E-state index contributed by atoms with van der Waals surface area (Å²) in [5.74, 6) is -0.997. The second kappa shape index (κ2) is 9.00. The summed E-state index contributed by atoms with van der Waals surface area (Å²) in [7, 11) is 0. The molecule has 0 aromatic heterocycles. The Bertz CT molecular complexity index is 862. The zero-order valence-electron chi connectivity index (χ0n) is 16.4. The Morgan fingerprint density at radius 3 is 2.06 bits per heavy atom. The van der Waals surface area contributed by atoms with E-state index in [-0.39, 0.29) is 24.8 Å². The summed E-state index contributed by atoms with van der Waals surface area (Å²) in [5, 5.41) is 0. The fourth-order valence-corrected chi connectivity index (χ4v) is 3.74. The maximum Gasteiger partial charge on any atom is 0.416 e. The summed E-state index contributed by atoms with van der Waals surface area (Å²) in [6.45, 7) is 1.58. The molecule has 31 heavy (non-hydrogen) atoms. The molecular weight excluding hydrogens is 426 g/mol. The molecule has 0 aliphatic carbocycles. The first-order valence-corrected chi connectivity index (χ1v) is 9.53. The van der Waals surface area contributed by atoms with Gasteiger partial charge in [0, 0.05) is 11.8 Å². The topological polar surface area (TPSA) is 35.5 Å². The van der Waals surface area contributed by atoms with E-state index in [4.69, 9.17) is 9.47 Å². The molecule has 2 aromatic carbocycles. The maximum atomic E-state index is 13.2. The largest absolute Gasteiger partial charge is 0.416 e. The zero-order valence-corrected chi connectivity index (χ0v) is 16.4. The Morgan fingerprint density at radius 2 is 1.55 bits per heavy atom. The minimum Gasteiger partial charge on any atom is -0.378 e. The predicted octanol–water partition coefficient (Wildman–Crippen LogP) is 5.80. The van der Waals surface area contributed by atoms with Crippen LogP contribution in [0.5, 0.6) is 0 Å². The number of benzene rings is 2. The second-order valence-corrected chi connectivity index (χ2v) is 7.43. The lowest BCUT2D eigenvalue weighted by atomic mass is 9.81. The van der Waals surface area contributed by atoms with Crippen LogP contribution in [0.25, 0.3) is 0 Å². The Hall–Kier alpha value is -2.39. The van der Waals surface area contributed by atoms with E-state index >= 15 is 0 Å². The Labute approximate surface area is 175 Å². The van der Waals surface area contributed by atoms with E-state index in [9.17, 15) is 31.1 Å². The minimum absolute atomic E-state index is 0.0549. The highest BCUT2D eigenvalue weighted by molar-refractivity contribution is 5.57. The number of carbonyl (C=O) groups is 1. The maximum absolute atomic E-state index is 13.2. The van der Waals surface area contributed by atoms with E-state index in [1.54, 1.807) is 30.3 Å². The normalized spacial score (nSPS) is 23.4. The number of halogens is 6. The molecule has 1 heterocycles. The number of carbonyl (C=O) groups excluding carboxylic acids is 1. The standard InChI is InChI=1S/C22H20F6O3/c1-13(15-7-17(21(23,24)25)9-18(8-15)22(26,27)28)31-19-12-30-11-16(10-29)20(19)14-5-3-2-4-6-14/h2-10,13,16,19-20H,11-12H2,1H3/t13?,16-,19-,20+/m1/s1. The van der Waals surface area contributed by atoms with Crippen molar-refractivity contribution < 1.29 is 40.6 Å². The monoisotopic (exact) mass is 446 g/mol. The summed E-state index contributed by atoms with van der Waals surface area (Å²) >= 11 is 0. The van der Waals surface area contributed by atoms with Crippen LogP contribution < -0.4 is 0 Å². The van der Waals surface area contributed by atoms with E-state index in [1.807, 2.05) is 0 Å². The molecule has 0 N–H and O–H groups in total. The molecule has 0 bridgehead atoms. The van der Waals surface area contributed by atoms with Gasteiger partial charge < -0.3 is 14.3 Å². The average molecular weight is 446 g/mol. The number of hydrogen-bond acceptors (Lipinski definition) is 3. The van der Waals surface area contributed by atoms with Crippen LogP contribution in [0.15, 0.2) is 48.5 Å². The van der Waals surface area contributed by atoms with Gasteiger partial charge in [-0.3, -0.25) is 0 Å². The molecule has 1 saturated heterocycles. The van der Waals surface area contributed by atoms with Gasteiger partial charge in [-0.2, -0.15) is 26.3 Å². The fraction of sp³-hybridized carbons (Fsp3) is 0.409. The van der Waals surface area contributed by atoms with Crippen molar-refractivity contribution in [1.29, 1.82) is 0 Å². The van der Waals surface area contributed by atoms with Gasteiger partial charge in [0.25, 0.3) is 0 Å². The number of hydrogen-bond donors (Lipinski definition) is 0. The molecule has 1 unspecified atom stereocenters. The molecule has 168 valence electrons. The summed E-state index contributed by atoms with van der Waals surface area (Å²) in [6, 6.07) is 10.3. The summed E-state index contributed by atoms with van der Waals surface area (Å²) in [6.07, 6.45) is -11.0. The summed E-state index contributed by atoms with van der Waals surface area (Å²) in [4.78, 5) is 11.6. The molecule has 3 rings (SSSR count). The molecule has 1 aliphatic heterocycles. The molecule has 9 heteroatoms. The van der Waals surface area contributed by atoms with Crippen LogP contribution in [-0.4, -0.2) is 25.6 Å². The first-order valence-electron chi connectivity index (χ1n) is 9.53. The third-order valence-corrected chi connectivity index (χ3v) is 5.27. The first kappa shape index (κ1) is 23.3. The van der Waals surface area contributed by atoms with Gasteiger partial charge in [0.05, 0.1) is 36.5 Å². The van der Waals surface area contributed by atoms with E-state index in [1.165, 1.54) is 6.92 Å². The van der Waals surface area contributed by atoms with Crippen LogP contribution >= 0.6 is 0 Å². The van der Waals surface area contributed by atoms with Crippen molar-refractivity contribution in [1.82, 2.24) is 0 Å². The van der Waals surface area contributed by atoms with Crippen LogP contribution in [0, 0.1) is 5.92 Å². The van der Waals surface area contributed by atoms with Crippen LogP contribution in [-0.2, 0) is 26.6 Å². The number of ether oxygens (including phenoxy) is 2. The number of aldehydes is 1. The van der Waals surface area contributed by atoms with Gasteiger partial charge in [-0.15, -0.1) is 0 Å². The van der Waals surface area contributed by atoms with Gasteiger partial charge in [-0.1, -0.05) is 30.3 Å².